The predicted octanol–water partition coefficient (Wildman–Crippen LogP) is 2.96. The second kappa shape index (κ2) is 7.51. The molecule has 0 bridgehead atoms. The van der Waals surface area contributed by atoms with Crippen LogP contribution in [0.1, 0.15) is 48.7 Å². The summed E-state index contributed by atoms with van der Waals surface area (Å²) in [5, 5.41) is 11.7. The Bertz CT molecular complexity index is 618. The molecule has 0 spiro atoms. The Labute approximate surface area is 130 Å². The third-order valence-corrected chi connectivity index (χ3v) is 2.55. The quantitative estimate of drug-likeness (QED) is 0.665. The number of carboxylic acids is 1. The van der Waals surface area contributed by atoms with Gasteiger partial charge in [0.15, 0.2) is 0 Å². The van der Waals surface area contributed by atoms with Gasteiger partial charge < -0.3 is 15.2 Å². The smallest absolute Gasteiger partial charge is 0.407 e. The summed E-state index contributed by atoms with van der Waals surface area (Å²) in [5.74, 6) is 4.67. The first-order valence-electron chi connectivity index (χ1n) is 6.99. The molecule has 1 rings (SSSR count). The number of carboxylic acid groups (broad SMARTS) is 1. The maximum Gasteiger partial charge on any atom is 0.407 e. The molecule has 0 fully saturated rings. The minimum atomic E-state index is -1.00. The number of nitrogens with one attached hydrogen (secondary N) is 1. The Kier molecular flexibility index (Phi) is 6.00. The fourth-order valence-electron chi connectivity index (χ4n) is 1.64. The lowest BCUT2D eigenvalue weighted by Gasteiger charge is -2.19. The van der Waals surface area contributed by atoms with Gasteiger partial charge in [-0.2, -0.15) is 0 Å². The van der Waals surface area contributed by atoms with E-state index in [1.807, 2.05) is 13.0 Å². The van der Waals surface area contributed by atoms with Crippen LogP contribution in [0.25, 0.3) is 0 Å². The van der Waals surface area contributed by atoms with E-state index >= 15 is 0 Å². The first-order valence-corrected chi connectivity index (χ1v) is 6.99. The molecule has 0 aromatic heterocycles. The van der Waals surface area contributed by atoms with Crippen LogP contribution in [0.3, 0.4) is 0 Å². The van der Waals surface area contributed by atoms with Gasteiger partial charge in [-0.05, 0) is 39.8 Å². The number of carbonyl (C=O) groups is 2. The van der Waals surface area contributed by atoms with E-state index in [0.717, 1.165) is 5.56 Å². The predicted molar refractivity (Wildman–Crippen MR) is 83.9 cm³/mol. The van der Waals surface area contributed by atoms with Crippen molar-refractivity contribution in [1.29, 1.82) is 0 Å². The van der Waals surface area contributed by atoms with E-state index in [-0.39, 0.29) is 5.56 Å². The molecular weight excluding hydrogens is 282 g/mol. The van der Waals surface area contributed by atoms with Crippen molar-refractivity contribution in [1.82, 2.24) is 5.32 Å². The van der Waals surface area contributed by atoms with Crippen LogP contribution in [0.4, 0.5) is 4.79 Å². The van der Waals surface area contributed by atoms with Crippen molar-refractivity contribution in [3.8, 4) is 11.8 Å². The minimum Gasteiger partial charge on any atom is -0.478 e. The average molecular weight is 303 g/mol. The van der Waals surface area contributed by atoms with Crippen molar-refractivity contribution in [2.24, 2.45) is 0 Å². The molecular formula is C17H21NO4. The van der Waals surface area contributed by atoms with Crippen LogP contribution in [0.2, 0.25) is 0 Å². The molecule has 0 aliphatic rings. The molecule has 0 unspecified atom stereocenters. The zero-order valence-corrected chi connectivity index (χ0v) is 13.3. The van der Waals surface area contributed by atoms with Crippen LogP contribution in [-0.2, 0) is 4.74 Å². The maximum absolute atomic E-state index is 11.4. The van der Waals surface area contributed by atoms with Gasteiger partial charge in [0.05, 0.1) is 5.56 Å². The van der Waals surface area contributed by atoms with Gasteiger partial charge in [0.1, 0.15) is 5.60 Å². The molecule has 0 heterocycles. The van der Waals surface area contributed by atoms with Crippen LogP contribution in [0.5, 0.6) is 0 Å². The zero-order chi connectivity index (χ0) is 16.8. The summed E-state index contributed by atoms with van der Waals surface area (Å²) in [5.41, 5.74) is 0.992. The van der Waals surface area contributed by atoms with Gasteiger partial charge in [-0.15, -0.1) is 0 Å². The van der Waals surface area contributed by atoms with Crippen LogP contribution in [0.15, 0.2) is 18.2 Å². The van der Waals surface area contributed by atoms with E-state index in [9.17, 15) is 9.59 Å². The van der Waals surface area contributed by atoms with Crippen molar-refractivity contribution in [3.05, 3.63) is 34.9 Å². The normalized spacial score (nSPS) is 10.4. The number of aromatic carboxylic acids is 1. The highest BCUT2D eigenvalue weighted by Gasteiger charge is 2.15. The Hall–Kier alpha value is -2.48. The average Bonchev–Trinajstić information content (AvgIpc) is 2.37. The SMILES string of the molecule is Cc1ccc(C#CCCNC(=O)OC(C)(C)C)c(C(=O)O)c1. The van der Waals surface area contributed by atoms with E-state index in [1.165, 1.54) is 0 Å². The number of carbonyl (C=O) groups excluding carboxylic acids is 1. The third kappa shape index (κ3) is 6.31. The van der Waals surface area contributed by atoms with Gasteiger partial charge in [-0.1, -0.05) is 23.5 Å². The Morgan fingerprint density at radius 3 is 2.59 bits per heavy atom. The number of benzene rings is 1. The number of hydrogen-bond acceptors (Lipinski definition) is 3. The molecule has 1 amide bonds. The van der Waals surface area contributed by atoms with Gasteiger partial charge >= 0.3 is 12.1 Å². The molecule has 22 heavy (non-hydrogen) atoms. The van der Waals surface area contributed by atoms with Gasteiger partial charge in [-0.3, -0.25) is 0 Å². The third-order valence-electron chi connectivity index (χ3n) is 2.55. The van der Waals surface area contributed by atoms with E-state index in [4.69, 9.17) is 9.84 Å². The fraction of sp³-hybridized carbons (Fsp3) is 0.412. The molecule has 5 nitrogen and oxygen atoms in total. The van der Waals surface area contributed by atoms with Crippen LogP contribution >= 0.6 is 0 Å². The molecule has 5 heteroatoms. The van der Waals surface area contributed by atoms with Crippen molar-refractivity contribution in [3.63, 3.8) is 0 Å². The second-order valence-corrected chi connectivity index (χ2v) is 5.83. The van der Waals surface area contributed by atoms with Crippen LogP contribution in [-0.4, -0.2) is 29.3 Å². The number of amides is 1. The lowest BCUT2D eigenvalue weighted by atomic mass is 10.0. The molecule has 0 saturated carbocycles. The van der Waals surface area contributed by atoms with Gasteiger partial charge in [-0.25, -0.2) is 9.59 Å². The molecule has 0 radical (unpaired) electrons. The molecule has 0 atom stereocenters. The number of rotatable bonds is 3. The molecule has 0 aliphatic carbocycles. The molecule has 2 N–H and O–H groups in total. The highest BCUT2D eigenvalue weighted by Crippen LogP contribution is 2.10. The minimum absolute atomic E-state index is 0.188. The largest absolute Gasteiger partial charge is 0.478 e. The van der Waals surface area contributed by atoms with Crippen molar-refractivity contribution in [2.45, 2.75) is 39.7 Å². The number of aryl methyl sites for hydroxylation is 1. The molecule has 0 aliphatic heterocycles. The van der Waals surface area contributed by atoms with Gasteiger partial charge in [0, 0.05) is 18.5 Å². The molecule has 1 aromatic carbocycles. The summed E-state index contributed by atoms with van der Waals surface area (Å²) in [6.07, 6.45) is -0.0810. The fourth-order valence-corrected chi connectivity index (χ4v) is 1.64. The monoisotopic (exact) mass is 303 g/mol. The summed E-state index contributed by atoms with van der Waals surface area (Å²) in [7, 11) is 0. The number of hydrogen-bond donors (Lipinski definition) is 2. The summed E-state index contributed by atoms with van der Waals surface area (Å²) < 4.78 is 5.09. The van der Waals surface area contributed by atoms with E-state index in [0.29, 0.717) is 18.5 Å². The Balaban J connectivity index is 2.55. The first kappa shape index (κ1) is 17.6. The molecule has 118 valence electrons. The lowest BCUT2D eigenvalue weighted by molar-refractivity contribution is 0.0528. The van der Waals surface area contributed by atoms with Crippen LogP contribution in [0, 0.1) is 18.8 Å². The summed E-state index contributed by atoms with van der Waals surface area (Å²) >= 11 is 0. The number of ether oxygens (including phenoxy) is 1. The first-order chi connectivity index (χ1) is 10.2. The second-order valence-electron chi connectivity index (χ2n) is 5.83. The van der Waals surface area contributed by atoms with Crippen LogP contribution < -0.4 is 5.32 Å². The van der Waals surface area contributed by atoms with E-state index in [2.05, 4.69) is 17.2 Å². The topological polar surface area (TPSA) is 75.6 Å². The zero-order valence-electron chi connectivity index (χ0n) is 13.3. The summed E-state index contributed by atoms with van der Waals surface area (Å²) in [4.78, 5) is 22.6. The molecule has 0 saturated heterocycles. The van der Waals surface area contributed by atoms with Crippen molar-refractivity contribution >= 4 is 12.1 Å². The van der Waals surface area contributed by atoms with Crippen molar-refractivity contribution in [2.75, 3.05) is 6.54 Å². The maximum atomic E-state index is 11.4. The van der Waals surface area contributed by atoms with Gasteiger partial charge in [0.2, 0.25) is 0 Å². The Morgan fingerprint density at radius 2 is 2.00 bits per heavy atom. The lowest BCUT2D eigenvalue weighted by Crippen LogP contribution is -2.32. The summed E-state index contributed by atoms with van der Waals surface area (Å²) in [6, 6.07) is 5.09. The van der Waals surface area contributed by atoms with Gasteiger partial charge in [0.25, 0.3) is 0 Å². The highest BCUT2D eigenvalue weighted by atomic mass is 16.6. The standard InChI is InChI=1S/C17H21NO4/c1-12-8-9-13(14(11-12)15(19)20)7-5-6-10-18-16(21)22-17(2,3)4/h8-9,11H,6,10H2,1-4H3,(H,18,21)(H,19,20). The highest BCUT2D eigenvalue weighted by molar-refractivity contribution is 5.91. The molecule has 1 aromatic rings. The van der Waals surface area contributed by atoms with E-state index < -0.39 is 17.7 Å². The summed E-state index contributed by atoms with van der Waals surface area (Å²) in [6.45, 7) is 7.54. The van der Waals surface area contributed by atoms with E-state index in [1.54, 1.807) is 32.9 Å². The number of alkyl carbamates (subject to hydrolysis) is 1. The Morgan fingerprint density at radius 1 is 1.32 bits per heavy atom. The van der Waals surface area contributed by atoms with Crippen molar-refractivity contribution < 1.29 is 19.4 Å².